The van der Waals surface area contributed by atoms with Gasteiger partial charge in [-0.15, -0.1) is 0 Å². The van der Waals surface area contributed by atoms with Crippen LogP contribution < -0.4 is 19.5 Å². The minimum absolute atomic E-state index is 0.240. The molecule has 1 N–H and O–H groups in total. The number of rotatable bonds is 9. The molecular weight excluding hydrogens is 404 g/mol. The molecule has 1 atom stereocenters. The number of nitrogens with zero attached hydrogens (tertiary/aromatic N) is 1. The summed E-state index contributed by atoms with van der Waals surface area (Å²) in [5.74, 6) is 2.53. The van der Waals surface area contributed by atoms with E-state index in [1.165, 1.54) is 5.56 Å². The quantitative estimate of drug-likeness (QED) is 0.613. The Kier molecular flexibility index (Phi) is 6.65. The van der Waals surface area contributed by atoms with E-state index < -0.39 is 0 Å². The second kappa shape index (κ2) is 9.58. The first-order valence-corrected chi connectivity index (χ1v) is 10.7. The fourth-order valence-corrected chi connectivity index (χ4v) is 4.29. The summed E-state index contributed by atoms with van der Waals surface area (Å²) in [7, 11) is 1.67. The molecule has 1 saturated heterocycles. The van der Waals surface area contributed by atoms with E-state index in [0.717, 1.165) is 49.4 Å². The van der Waals surface area contributed by atoms with Gasteiger partial charge in [0.2, 0.25) is 12.7 Å². The number of carbonyl (C=O) groups is 1. The first-order chi connectivity index (χ1) is 14.6. The molecular formula is C23H27ClN2O4. The average Bonchev–Trinajstić information content (AvgIpc) is 3.35. The predicted molar refractivity (Wildman–Crippen MR) is 115 cm³/mol. The van der Waals surface area contributed by atoms with Crippen molar-refractivity contribution in [3.63, 3.8) is 0 Å². The largest absolute Gasteiger partial charge is 0.497 e. The van der Waals surface area contributed by atoms with Crippen molar-refractivity contribution in [1.82, 2.24) is 10.2 Å². The third-order valence-electron chi connectivity index (χ3n) is 5.74. The second-order valence-electron chi connectivity index (χ2n) is 7.64. The first kappa shape index (κ1) is 20.8. The van der Waals surface area contributed by atoms with Crippen LogP contribution in [0.1, 0.15) is 30.4 Å². The van der Waals surface area contributed by atoms with E-state index in [-0.39, 0.29) is 18.7 Å². The maximum Gasteiger partial charge on any atom is 0.231 e. The van der Waals surface area contributed by atoms with Crippen molar-refractivity contribution >= 4 is 17.5 Å². The number of halogens is 1. The van der Waals surface area contributed by atoms with Crippen LogP contribution in [0.5, 0.6) is 17.2 Å². The third-order valence-corrected chi connectivity index (χ3v) is 6.09. The number of likely N-dealkylation sites (tertiary alicyclic amines) is 1. The summed E-state index contributed by atoms with van der Waals surface area (Å²) in [5, 5.41) is 4.12. The first-order valence-electron chi connectivity index (χ1n) is 10.3. The summed E-state index contributed by atoms with van der Waals surface area (Å²) in [6.07, 6.45) is 3.31. The molecule has 7 heteroatoms. The van der Waals surface area contributed by atoms with Gasteiger partial charge in [-0.05, 0) is 55.1 Å². The Morgan fingerprint density at radius 1 is 1.23 bits per heavy atom. The zero-order chi connectivity index (χ0) is 20.9. The molecule has 2 heterocycles. The summed E-state index contributed by atoms with van der Waals surface area (Å²) in [6, 6.07) is 12.0. The zero-order valence-electron chi connectivity index (χ0n) is 17.2. The summed E-state index contributed by atoms with van der Waals surface area (Å²) < 4.78 is 16.1. The third kappa shape index (κ3) is 4.82. The Morgan fingerprint density at radius 3 is 2.90 bits per heavy atom. The van der Waals surface area contributed by atoms with Crippen molar-refractivity contribution in [2.75, 3.05) is 27.0 Å². The van der Waals surface area contributed by atoms with E-state index >= 15 is 0 Å². The van der Waals surface area contributed by atoms with E-state index in [4.69, 9.17) is 25.8 Å². The second-order valence-corrected chi connectivity index (χ2v) is 8.05. The highest BCUT2D eigenvalue weighted by molar-refractivity contribution is 6.31. The standard InChI is InChI=1S/C23H27ClN2O4/c1-28-19-4-2-3-16(11-19)8-10-26-18(5-6-23(26)27)7-9-25-14-17-12-21-22(13-20(17)24)30-15-29-21/h2-4,11-13,18,25H,5-10,14-15H2,1H3/t18-/m1/s1. The lowest BCUT2D eigenvalue weighted by atomic mass is 10.1. The Hall–Kier alpha value is -2.44. The molecule has 2 aromatic carbocycles. The maximum absolute atomic E-state index is 12.4. The van der Waals surface area contributed by atoms with Crippen molar-refractivity contribution < 1.29 is 19.0 Å². The number of methoxy groups -OCH3 is 1. The molecule has 0 saturated carbocycles. The Balaban J connectivity index is 1.26. The molecule has 2 aromatic rings. The van der Waals surface area contributed by atoms with E-state index in [0.29, 0.717) is 23.7 Å². The number of hydrogen-bond donors (Lipinski definition) is 1. The van der Waals surface area contributed by atoms with Crippen LogP contribution in [0, 0.1) is 0 Å². The number of fused-ring (bicyclic) bond motifs is 1. The maximum atomic E-state index is 12.4. The molecule has 1 fully saturated rings. The van der Waals surface area contributed by atoms with E-state index in [9.17, 15) is 4.79 Å². The van der Waals surface area contributed by atoms with Gasteiger partial charge < -0.3 is 24.4 Å². The number of nitrogens with one attached hydrogen (secondary N) is 1. The van der Waals surface area contributed by atoms with E-state index in [1.54, 1.807) is 13.2 Å². The molecule has 0 spiro atoms. The zero-order valence-corrected chi connectivity index (χ0v) is 17.9. The molecule has 0 bridgehead atoms. The molecule has 0 radical (unpaired) electrons. The van der Waals surface area contributed by atoms with Gasteiger partial charge in [0.25, 0.3) is 0 Å². The van der Waals surface area contributed by atoms with Crippen LogP contribution >= 0.6 is 11.6 Å². The number of benzene rings is 2. The van der Waals surface area contributed by atoms with E-state index in [2.05, 4.69) is 11.4 Å². The van der Waals surface area contributed by atoms with Crippen LogP contribution in [-0.4, -0.2) is 43.8 Å². The van der Waals surface area contributed by atoms with Crippen molar-refractivity contribution in [1.29, 1.82) is 0 Å². The summed E-state index contributed by atoms with van der Waals surface area (Å²) in [6.45, 7) is 2.45. The molecule has 0 aliphatic carbocycles. The van der Waals surface area contributed by atoms with Crippen LogP contribution in [0.25, 0.3) is 0 Å². The van der Waals surface area contributed by atoms with Crippen LogP contribution in [0.15, 0.2) is 36.4 Å². The number of amides is 1. The van der Waals surface area contributed by atoms with Crippen molar-refractivity contribution in [2.24, 2.45) is 0 Å². The molecule has 2 aliphatic heterocycles. The highest BCUT2D eigenvalue weighted by atomic mass is 35.5. The van der Waals surface area contributed by atoms with Gasteiger partial charge >= 0.3 is 0 Å². The van der Waals surface area contributed by atoms with Gasteiger partial charge in [0.1, 0.15) is 5.75 Å². The molecule has 1 amide bonds. The van der Waals surface area contributed by atoms with Gasteiger partial charge in [0.05, 0.1) is 7.11 Å². The molecule has 0 aromatic heterocycles. The smallest absolute Gasteiger partial charge is 0.231 e. The van der Waals surface area contributed by atoms with Gasteiger partial charge in [-0.1, -0.05) is 23.7 Å². The van der Waals surface area contributed by atoms with Crippen LogP contribution in [0.2, 0.25) is 5.02 Å². The van der Waals surface area contributed by atoms with Gasteiger partial charge in [0, 0.05) is 36.6 Å². The van der Waals surface area contributed by atoms with Crippen LogP contribution in [0.4, 0.5) is 0 Å². The lowest BCUT2D eigenvalue weighted by molar-refractivity contribution is -0.129. The summed E-state index contributed by atoms with van der Waals surface area (Å²) in [4.78, 5) is 14.4. The summed E-state index contributed by atoms with van der Waals surface area (Å²) >= 11 is 6.34. The monoisotopic (exact) mass is 430 g/mol. The Labute approximate surface area is 182 Å². The van der Waals surface area contributed by atoms with Gasteiger partial charge in [0.15, 0.2) is 11.5 Å². The number of ether oxygens (including phenoxy) is 3. The van der Waals surface area contributed by atoms with Crippen molar-refractivity contribution in [3.8, 4) is 17.2 Å². The molecule has 2 aliphatic rings. The number of hydrogen-bond acceptors (Lipinski definition) is 5. The minimum Gasteiger partial charge on any atom is -0.497 e. The van der Waals surface area contributed by atoms with Crippen LogP contribution in [0.3, 0.4) is 0 Å². The summed E-state index contributed by atoms with van der Waals surface area (Å²) in [5.41, 5.74) is 2.17. The number of carbonyl (C=O) groups excluding carboxylic acids is 1. The molecule has 4 rings (SSSR count). The lowest BCUT2D eigenvalue weighted by Gasteiger charge is -2.25. The minimum atomic E-state index is 0.240. The average molecular weight is 431 g/mol. The molecule has 6 nitrogen and oxygen atoms in total. The highest BCUT2D eigenvalue weighted by Crippen LogP contribution is 2.36. The van der Waals surface area contributed by atoms with Crippen molar-refractivity contribution in [3.05, 3.63) is 52.5 Å². The Bertz CT molecular complexity index is 905. The Morgan fingerprint density at radius 2 is 2.07 bits per heavy atom. The lowest BCUT2D eigenvalue weighted by Crippen LogP contribution is -2.36. The van der Waals surface area contributed by atoms with Gasteiger partial charge in [-0.3, -0.25) is 4.79 Å². The normalized spacial score (nSPS) is 17.6. The predicted octanol–water partition coefficient (Wildman–Crippen LogP) is 3.79. The van der Waals surface area contributed by atoms with E-state index in [1.807, 2.05) is 29.2 Å². The fraction of sp³-hybridized carbons (Fsp3) is 0.435. The molecule has 30 heavy (non-hydrogen) atoms. The van der Waals surface area contributed by atoms with Gasteiger partial charge in [-0.2, -0.15) is 0 Å². The highest BCUT2D eigenvalue weighted by Gasteiger charge is 2.30. The van der Waals surface area contributed by atoms with Crippen LogP contribution in [-0.2, 0) is 17.8 Å². The van der Waals surface area contributed by atoms with Crippen molar-refractivity contribution in [2.45, 2.75) is 38.3 Å². The SMILES string of the molecule is COc1cccc(CCN2C(=O)CC[C@@H]2CCNCc2cc3c(cc2Cl)OCO3)c1. The topological polar surface area (TPSA) is 60.0 Å². The molecule has 0 unspecified atom stereocenters. The fourth-order valence-electron chi connectivity index (χ4n) is 4.06. The van der Waals surface area contributed by atoms with Gasteiger partial charge in [-0.25, -0.2) is 0 Å². The molecule has 160 valence electrons.